The van der Waals surface area contributed by atoms with Gasteiger partial charge in [-0.05, 0) is 52.0 Å². The van der Waals surface area contributed by atoms with Crippen LogP contribution in [0.4, 0.5) is 15.3 Å². The maximum atomic E-state index is 12.4. The summed E-state index contributed by atoms with van der Waals surface area (Å²) in [4.78, 5) is 42.5. The number of hydrogen-bond donors (Lipinski definition) is 0. The highest BCUT2D eigenvalue weighted by atomic mass is 16.6. The first-order valence-electron chi connectivity index (χ1n) is 11.1. The van der Waals surface area contributed by atoms with Gasteiger partial charge < -0.3 is 24.3 Å². The molecule has 1 aliphatic heterocycles. The van der Waals surface area contributed by atoms with E-state index in [-0.39, 0.29) is 24.6 Å². The predicted octanol–water partition coefficient (Wildman–Crippen LogP) is 4.01. The molecule has 9 nitrogen and oxygen atoms in total. The number of quaternary nitrogens is 1. The van der Waals surface area contributed by atoms with Crippen molar-refractivity contribution < 1.29 is 29.0 Å². The summed E-state index contributed by atoms with van der Waals surface area (Å²) in [6, 6.07) is 13.1. The minimum Gasteiger partial charge on any atom is -0.497 e. The van der Waals surface area contributed by atoms with Crippen molar-refractivity contribution in [3.05, 3.63) is 72.1 Å². The molecule has 1 heterocycles. The Morgan fingerprint density at radius 3 is 2.23 bits per heavy atom. The Morgan fingerprint density at radius 1 is 1.03 bits per heavy atom. The first-order valence-corrected chi connectivity index (χ1v) is 11.1. The molecule has 184 valence electrons. The molecule has 2 aromatic carbocycles. The van der Waals surface area contributed by atoms with Crippen LogP contribution in [-0.2, 0) is 4.74 Å². The van der Waals surface area contributed by atoms with Crippen molar-refractivity contribution in [1.82, 2.24) is 9.38 Å². The normalized spacial score (nSPS) is 17.0. The van der Waals surface area contributed by atoms with Crippen molar-refractivity contribution in [2.45, 2.75) is 39.7 Å². The van der Waals surface area contributed by atoms with Gasteiger partial charge in [0, 0.05) is 25.7 Å². The number of carbonyl (C=O) groups excluding carboxylic acids is 3. The van der Waals surface area contributed by atoms with E-state index in [0.29, 0.717) is 11.3 Å². The molecule has 0 radical (unpaired) electrons. The molecule has 0 spiro atoms. The molecule has 0 N–H and O–H groups in total. The summed E-state index contributed by atoms with van der Waals surface area (Å²) in [7, 11) is 1.57. The molecule has 1 atom stereocenters. The predicted molar refractivity (Wildman–Crippen MR) is 130 cm³/mol. The second-order valence-corrected chi connectivity index (χ2v) is 9.23. The zero-order valence-corrected chi connectivity index (χ0v) is 20.5. The van der Waals surface area contributed by atoms with Crippen LogP contribution in [0.15, 0.2) is 65.9 Å². The molecular formula is C26H29N3O6. The van der Waals surface area contributed by atoms with Crippen molar-refractivity contribution >= 4 is 29.7 Å². The van der Waals surface area contributed by atoms with Crippen LogP contribution in [0.1, 0.15) is 43.1 Å². The number of amides is 2. The number of aryl methyl sites for hydroxylation is 1. The van der Waals surface area contributed by atoms with Crippen LogP contribution in [0.25, 0.3) is 0 Å². The number of ether oxygens (including phenoxy) is 2. The fourth-order valence-corrected chi connectivity index (χ4v) is 3.45. The maximum Gasteiger partial charge on any atom is 0.410 e. The summed E-state index contributed by atoms with van der Waals surface area (Å²) in [5, 5.41) is 12.3. The van der Waals surface area contributed by atoms with Crippen molar-refractivity contribution in [1.29, 1.82) is 0 Å². The first-order chi connectivity index (χ1) is 16.4. The van der Waals surface area contributed by atoms with E-state index < -0.39 is 28.2 Å². The molecule has 0 bridgehead atoms. The highest BCUT2D eigenvalue weighted by molar-refractivity contribution is 6.10. The van der Waals surface area contributed by atoms with Crippen LogP contribution in [0, 0.1) is 6.92 Å². The van der Waals surface area contributed by atoms with E-state index in [4.69, 9.17) is 9.47 Å². The van der Waals surface area contributed by atoms with Crippen LogP contribution in [0.3, 0.4) is 0 Å². The smallest absolute Gasteiger partial charge is 0.410 e. The molecule has 0 saturated carbocycles. The van der Waals surface area contributed by atoms with Gasteiger partial charge in [-0.3, -0.25) is 0 Å². The highest BCUT2D eigenvalue weighted by Gasteiger charge is 2.41. The molecule has 0 aliphatic carbocycles. The van der Waals surface area contributed by atoms with E-state index in [0.717, 1.165) is 5.56 Å². The van der Waals surface area contributed by atoms with Gasteiger partial charge in [-0.2, -0.15) is 4.48 Å². The molecule has 0 saturated heterocycles. The average molecular weight is 480 g/mol. The third kappa shape index (κ3) is 5.93. The number of amidine groups is 1. The zero-order valence-electron chi connectivity index (χ0n) is 20.5. The van der Waals surface area contributed by atoms with Gasteiger partial charge in [0.05, 0.1) is 18.2 Å². The average Bonchev–Trinajstić information content (AvgIpc) is 3.22. The maximum absolute atomic E-state index is 12.4. The van der Waals surface area contributed by atoms with Crippen LogP contribution in [0.2, 0.25) is 0 Å². The molecule has 0 aromatic heterocycles. The molecular weight excluding hydrogens is 450 g/mol. The largest absolute Gasteiger partial charge is 0.497 e. The minimum absolute atomic E-state index is 0.168. The van der Waals surface area contributed by atoms with E-state index in [2.05, 4.69) is 4.99 Å². The lowest BCUT2D eigenvalue weighted by Crippen LogP contribution is -2.59. The number of rotatable bonds is 6. The van der Waals surface area contributed by atoms with E-state index in [1.165, 1.54) is 41.6 Å². The SMILES string of the molecule is Cc1ccc(C(=O)Oc2ccc([N+]3(C(=O)[O-])C=CN=C3CCN(C)C(=O)OC(C)(C)C)cc2)cc1. The molecule has 2 amide bonds. The van der Waals surface area contributed by atoms with Gasteiger partial charge in [0.15, 0.2) is 0 Å². The van der Waals surface area contributed by atoms with Gasteiger partial charge >= 0.3 is 12.1 Å². The minimum atomic E-state index is -1.40. The van der Waals surface area contributed by atoms with Gasteiger partial charge in [-0.1, -0.05) is 17.7 Å². The topological polar surface area (TPSA) is 108 Å². The third-order valence-corrected chi connectivity index (χ3v) is 5.33. The first kappa shape index (κ1) is 25.6. The fraction of sp³-hybridized carbons (Fsp3) is 0.308. The number of aliphatic imine (C=N–C) groups is 1. The van der Waals surface area contributed by atoms with Crippen molar-refractivity contribution in [2.24, 2.45) is 4.99 Å². The Kier molecular flexibility index (Phi) is 7.40. The monoisotopic (exact) mass is 479 g/mol. The molecule has 0 fully saturated rings. The number of benzene rings is 2. The Morgan fingerprint density at radius 2 is 1.66 bits per heavy atom. The van der Waals surface area contributed by atoms with Crippen molar-refractivity contribution in [2.75, 3.05) is 13.6 Å². The van der Waals surface area contributed by atoms with Crippen LogP contribution < -0.4 is 14.3 Å². The Balaban J connectivity index is 1.74. The summed E-state index contributed by atoms with van der Waals surface area (Å²) < 4.78 is 9.99. The van der Waals surface area contributed by atoms with Crippen molar-refractivity contribution in [3.63, 3.8) is 0 Å². The van der Waals surface area contributed by atoms with E-state index in [9.17, 15) is 19.5 Å². The number of esters is 1. The van der Waals surface area contributed by atoms with E-state index in [1.54, 1.807) is 40.0 Å². The molecule has 1 aliphatic rings. The van der Waals surface area contributed by atoms with E-state index >= 15 is 0 Å². The lowest BCUT2D eigenvalue weighted by Gasteiger charge is -2.32. The third-order valence-electron chi connectivity index (χ3n) is 5.33. The second kappa shape index (κ2) is 10.1. The van der Waals surface area contributed by atoms with Crippen molar-refractivity contribution in [3.8, 4) is 5.75 Å². The standard InChI is InChI=1S/C26H29N3O6/c1-18-6-8-19(9-7-18)23(30)34-21-12-10-20(11-13-21)29(25(32)33)17-15-27-22(29)14-16-28(5)24(31)35-26(2,3)4/h6-13,15,17H,14,16H2,1-5H3. The lowest BCUT2D eigenvalue weighted by atomic mass is 10.1. The number of hydrogen-bond acceptors (Lipinski definition) is 7. The summed E-state index contributed by atoms with van der Waals surface area (Å²) in [6.45, 7) is 7.41. The molecule has 1 unspecified atom stereocenters. The van der Waals surface area contributed by atoms with Gasteiger partial charge in [0.2, 0.25) is 5.84 Å². The Bertz CT molecular complexity index is 1160. The van der Waals surface area contributed by atoms with E-state index in [1.807, 2.05) is 19.1 Å². The summed E-state index contributed by atoms with van der Waals surface area (Å²) in [6.07, 6.45) is 1.04. The van der Waals surface area contributed by atoms with Gasteiger partial charge in [0.1, 0.15) is 23.2 Å². The second-order valence-electron chi connectivity index (χ2n) is 9.23. The molecule has 35 heavy (non-hydrogen) atoms. The molecule has 2 aromatic rings. The Labute approximate surface area is 204 Å². The van der Waals surface area contributed by atoms with Gasteiger partial charge in [-0.15, -0.1) is 0 Å². The number of nitrogens with zero attached hydrogens (tertiary/aromatic N) is 3. The number of carboxylic acid groups (broad SMARTS) is 1. The van der Waals surface area contributed by atoms with Crippen LogP contribution in [-0.4, -0.2) is 48.1 Å². The number of carbonyl (C=O) groups is 3. The summed E-state index contributed by atoms with van der Waals surface area (Å²) in [5.41, 5.74) is 1.12. The fourth-order valence-electron chi connectivity index (χ4n) is 3.45. The Hall–Kier alpha value is -3.98. The molecule has 9 heteroatoms. The highest BCUT2D eigenvalue weighted by Crippen LogP contribution is 2.31. The van der Waals surface area contributed by atoms with Crippen LogP contribution in [0.5, 0.6) is 5.75 Å². The van der Waals surface area contributed by atoms with Gasteiger partial charge in [0.25, 0.3) is 6.09 Å². The van der Waals surface area contributed by atoms with Gasteiger partial charge in [-0.25, -0.2) is 14.6 Å². The quantitative estimate of drug-likeness (QED) is 0.352. The summed E-state index contributed by atoms with van der Waals surface area (Å²) in [5.74, 6) is 0.0157. The summed E-state index contributed by atoms with van der Waals surface area (Å²) >= 11 is 0. The lowest BCUT2D eigenvalue weighted by molar-refractivity contribution is -0.257. The zero-order chi connectivity index (χ0) is 25.8. The van der Waals surface area contributed by atoms with Crippen LogP contribution >= 0.6 is 0 Å². The molecule has 3 rings (SSSR count).